The summed E-state index contributed by atoms with van der Waals surface area (Å²) in [5.74, 6) is 0.0559. The largest absolute Gasteiger partial charge is 0.341 e. The first-order valence-corrected chi connectivity index (χ1v) is 8.99. The summed E-state index contributed by atoms with van der Waals surface area (Å²) in [4.78, 5) is 14.1. The first-order valence-electron chi connectivity index (χ1n) is 7.28. The molecule has 4 nitrogen and oxygen atoms in total. The van der Waals surface area contributed by atoms with Gasteiger partial charge in [0.2, 0.25) is 5.91 Å². The molecule has 21 heavy (non-hydrogen) atoms. The lowest BCUT2D eigenvalue weighted by molar-refractivity contribution is -0.139. The average molecular weight is 309 g/mol. The molecule has 0 spiro atoms. The van der Waals surface area contributed by atoms with E-state index < -0.39 is 20.5 Å². The van der Waals surface area contributed by atoms with E-state index in [9.17, 15) is 13.2 Å². The number of amides is 1. The minimum absolute atomic E-state index is 0.0198. The Morgan fingerprint density at radius 1 is 1.14 bits per heavy atom. The lowest BCUT2D eigenvalue weighted by Gasteiger charge is -2.28. The second-order valence-corrected chi connectivity index (χ2v) is 8.90. The number of sulfone groups is 1. The predicted molar refractivity (Wildman–Crippen MR) is 83.6 cm³/mol. The number of carbonyl (C=O) groups is 1. The third-order valence-electron chi connectivity index (χ3n) is 3.84. The molecule has 1 aromatic carbocycles. The second kappa shape index (κ2) is 5.79. The van der Waals surface area contributed by atoms with Crippen molar-refractivity contribution in [3.63, 3.8) is 0 Å². The SMILES string of the molecule is CC(C)(C)C(=O)N1CCC(c2ccccc2)S(=O)(=O)CC1. The van der Waals surface area contributed by atoms with Gasteiger partial charge in [-0.05, 0) is 12.0 Å². The molecular formula is C16H23NO3S. The van der Waals surface area contributed by atoms with Crippen LogP contribution in [0.3, 0.4) is 0 Å². The van der Waals surface area contributed by atoms with Gasteiger partial charge in [-0.3, -0.25) is 4.79 Å². The third-order valence-corrected chi connectivity index (χ3v) is 5.97. The number of hydrogen-bond donors (Lipinski definition) is 0. The molecule has 1 aromatic rings. The second-order valence-electron chi connectivity index (χ2n) is 6.60. The van der Waals surface area contributed by atoms with Gasteiger partial charge in [-0.25, -0.2) is 8.42 Å². The van der Waals surface area contributed by atoms with Crippen LogP contribution in [0, 0.1) is 5.41 Å². The fourth-order valence-corrected chi connectivity index (χ4v) is 4.46. The van der Waals surface area contributed by atoms with Crippen molar-refractivity contribution in [1.82, 2.24) is 4.90 Å². The van der Waals surface area contributed by atoms with Gasteiger partial charge in [-0.15, -0.1) is 0 Å². The van der Waals surface area contributed by atoms with Crippen LogP contribution < -0.4 is 0 Å². The van der Waals surface area contributed by atoms with Crippen LogP contribution in [0.5, 0.6) is 0 Å². The van der Waals surface area contributed by atoms with Crippen molar-refractivity contribution in [3.8, 4) is 0 Å². The molecule has 1 atom stereocenters. The fourth-order valence-electron chi connectivity index (χ4n) is 2.66. The Morgan fingerprint density at radius 3 is 2.33 bits per heavy atom. The summed E-state index contributed by atoms with van der Waals surface area (Å²) < 4.78 is 25.0. The molecule has 1 aliphatic rings. The molecule has 1 amide bonds. The lowest BCUT2D eigenvalue weighted by atomic mass is 9.94. The molecule has 5 heteroatoms. The van der Waals surface area contributed by atoms with Gasteiger partial charge in [0.15, 0.2) is 9.84 Å². The smallest absolute Gasteiger partial charge is 0.227 e. The average Bonchev–Trinajstić information content (AvgIpc) is 2.56. The normalized spacial score (nSPS) is 22.6. The van der Waals surface area contributed by atoms with Crippen LogP contribution >= 0.6 is 0 Å². The fraction of sp³-hybridized carbons (Fsp3) is 0.562. The zero-order valence-electron chi connectivity index (χ0n) is 12.9. The van der Waals surface area contributed by atoms with Crippen molar-refractivity contribution in [2.45, 2.75) is 32.4 Å². The quantitative estimate of drug-likeness (QED) is 0.800. The molecule has 116 valence electrons. The minimum atomic E-state index is -3.22. The van der Waals surface area contributed by atoms with Crippen molar-refractivity contribution >= 4 is 15.7 Å². The first-order chi connectivity index (χ1) is 9.72. The molecule has 0 bridgehead atoms. The zero-order chi connectivity index (χ0) is 15.7. The molecule has 1 saturated heterocycles. The number of rotatable bonds is 1. The topological polar surface area (TPSA) is 54.5 Å². The van der Waals surface area contributed by atoms with Gasteiger partial charge < -0.3 is 4.90 Å². The molecule has 1 fully saturated rings. The van der Waals surface area contributed by atoms with E-state index in [4.69, 9.17) is 0 Å². The van der Waals surface area contributed by atoms with E-state index in [1.807, 2.05) is 51.1 Å². The molecule has 0 radical (unpaired) electrons. The van der Waals surface area contributed by atoms with Crippen molar-refractivity contribution < 1.29 is 13.2 Å². The highest BCUT2D eigenvalue weighted by Crippen LogP contribution is 2.30. The predicted octanol–water partition coefficient (Wildman–Crippen LogP) is 2.42. The van der Waals surface area contributed by atoms with Crippen molar-refractivity contribution in [3.05, 3.63) is 35.9 Å². The van der Waals surface area contributed by atoms with E-state index in [-0.39, 0.29) is 11.7 Å². The van der Waals surface area contributed by atoms with E-state index in [1.54, 1.807) is 4.90 Å². The van der Waals surface area contributed by atoms with Gasteiger partial charge in [0.25, 0.3) is 0 Å². The molecule has 0 saturated carbocycles. The van der Waals surface area contributed by atoms with E-state index in [2.05, 4.69) is 0 Å². The molecule has 1 aliphatic heterocycles. The standard InChI is InChI=1S/C16H23NO3S/c1-16(2,3)15(18)17-10-9-14(21(19,20)12-11-17)13-7-5-4-6-8-13/h4-8,14H,9-12H2,1-3H3. The molecule has 2 rings (SSSR count). The number of nitrogens with zero attached hydrogens (tertiary/aromatic N) is 1. The van der Waals surface area contributed by atoms with Gasteiger partial charge in [0.1, 0.15) is 0 Å². The summed E-state index contributed by atoms with van der Waals surface area (Å²) >= 11 is 0. The summed E-state index contributed by atoms with van der Waals surface area (Å²) in [6, 6.07) is 9.29. The maximum Gasteiger partial charge on any atom is 0.227 e. The highest BCUT2D eigenvalue weighted by atomic mass is 32.2. The number of hydrogen-bond acceptors (Lipinski definition) is 3. The Bertz CT molecular complexity index is 602. The van der Waals surface area contributed by atoms with E-state index in [1.165, 1.54) is 0 Å². The van der Waals surface area contributed by atoms with Crippen molar-refractivity contribution in [1.29, 1.82) is 0 Å². The van der Waals surface area contributed by atoms with E-state index in [0.717, 1.165) is 5.56 Å². The Labute approximate surface area is 127 Å². The molecule has 1 heterocycles. The highest BCUT2D eigenvalue weighted by Gasteiger charge is 2.35. The number of carbonyl (C=O) groups excluding carboxylic acids is 1. The summed E-state index contributed by atoms with van der Waals surface area (Å²) in [7, 11) is -3.22. The Balaban J connectivity index is 2.23. The van der Waals surface area contributed by atoms with Crippen LogP contribution in [0.15, 0.2) is 30.3 Å². The van der Waals surface area contributed by atoms with Crippen molar-refractivity contribution in [2.24, 2.45) is 5.41 Å². The van der Waals surface area contributed by atoms with Crippen LogP contribution in [-0.2, 0) is 14.6 Å². The molecule has 0 aliphatic carbocycles. The van der Waals surface area contributed by atoms with Crippen LogP contribution in [0.1, 0.15) is 38.0 Å². The zero-order valence-corrected chi connectivity index (χ0v) is 13.7. The maximum absolute atomic E-state index is 12.5. The summed E-state index contributed by atoms with van der Waals surface area (Å²) in [6.07, 6.45) is 0.466. The van der Waals surface area contributed by atoms with Gasteiger partial charge >= 0.3 is 0 Å². The van der Waals surface area contributed by atoms with Gasteiger partial charge in [-0.2, -0.15) is 0 Å². The highest BCUT2D eigenvalue weighted by molar-refractivity contribution is 7.91. The monoisotopic (exact) mass is 309 g/mol. The Morgan fingerprint density at radius 2 is 1.76 bits per heavy atom. The molecule has 1 unspecified atom stereocenters. The van der Waals surface area contributed by atoms with Gasteiger partial charge in [-0.1, -0.05) is 51.1 Å². The molecule has 0 aromatic heterocycles. The van der Waals surface area contributed by atoms with E-state index >= 15 is 0 Å². The summed E-state index contributed by atoms with van der Waals surface area (Å²) in [5.41, 5.74) is 0.346. The van der Waals surface area contributed by atoms with Gasteiger partial charge in [0, 0.05) is 18.5 Å². The Kier molecular flexibility index (Phi) is 4.42. The summed E-state index contributed by atoms with van der Waals surface area (Å²) in [5, 5.41) is -0.503. The van der Waals surface area contributed by atoms with Crippen LogP contribution in [0.4, 0.5) is 0 Å². The maximum atomic E-state index is 12.5. The van der Waals surface area contributed by atoms with Crippen LogP contribution in [0.25, 0.3) is 0 Å². The van der Waals surface area contributed by atoms with Gasteiger partial charge in [0.05, 0.1) is 11.0 Å². The number of benzene rings is 1. The van der Waals surface area contributed by atoms with Crippen LogP contribution in [-0.4, -0.2) is 38.1 Å². The van der Waals surface area contributed by atoms with Crippen molar-refractivity contribution in [2.75, 3.05) is 18.8 Å². The third kappa shape index (κ3) is 3.64. The first kappa shape index (κ1) is 16.0. The van der Waals surface area contributed by atoms with E-state index in [0.29, 0.717) is 19.5 Å². The lowest BCUT2D eigenvalue weighted by Crippen LogP contribution is -2.41. The molecular weight excluding hydrogens is 286 g/mol. The van der Waals surface area contributed by atoms with Crippen LogP contribution in [0.2, 0.25) is 0 Å². The minimum Gasteiger partial charge on any atom is -0.341 e. The molecule has 0 N–H and O–H groups in total. The Hall–Kier alpha value is -1.36. The summed E-state index contributed by atoms with van der Waals surface area (Å²) in [6.45, 7) is 6.38.